The van der Waals surface area contributed by atoms with Gasteiger partial charge in [-0.2, -0.15) is 0 Å². The Balaban J connectivity index is 2.48. The van der Waals surface area contributed by atoms with Crippen molar-refractivity contribution in [3.05, 3.63) is 0 Å². The van der Waals surface area contributed by atoms with Crippen molar-refractivity contribution in [1.82, 2.24) is 0 Å². The van der Waals surface area contributed by atoms with Crippen LogP contribution >= 0.6 is 0 Å². The fourth-order valence-corrected chi connectivity index (χ4v) is 2.29. The van der Waals surface area contributed by atoms with E-state index in [0.717, 1.165) is 19.3 Å². The topological polar surface area (TPSA) is 46.5 Å². The molecular weight excluding hydrogens is 204 g/mol. The lowest BCUT2D eigenvalue weighted by Gasteiger charge is -2.33. The number of hydrogen-bond donors (Lipinski definition) is 1. The summed E-state index contributed by atoms with van der Waals surface area (Å²) in [5.74, 6) is -0.635. The van der Waals surface area contributed by atoms with Gasteiger partial charge in [-0.25, -0.2) is 0 Å². The molecule has 1 heterocycles. The summed E-state index contributed by atoms with van der Waals surface area (Å²) in [4.78, 5) is 11.4. The van der Waals surface area contributed by atoms with E-state index in [1.807, 2.05) is 0 Å². The Kier molecular flexibility index (Phi) is 4.36. The molecular formula is C13H24O3. The highest BCUT2D eigenvalue weighted by Gasteiger charge is 2.39. The largest absolute Gasteiger partial charge is 0.481 e. The summed E-state index contributed by atoms with van der Waals surface area (Å²) >= 11 is 0. The standard InChI is InChI=1S/C13H24O3/c1-12(2,3)5-4-6-13(11(14)15)7-9-16-10-8-13/h4-10H2,1-3H3,(H,14,15). The van der Waals surface area contributed by atoms with E-state index < -0.39 is 11.4 Å². The predicted octanol–water partition coefficient (Wildman–Crippen LogP) is 3.08. The van der Waals surface area contributed by atoms with Gasteiger partial charge in [0, 0.05) is 13.2 Å². The van der Waals surface area contributed by atoms with Crippen molar-refractivity contribution in [2.75, 3.05) is 13.2 Å². The van der Waals surface area contributed by atoms with Crippen LogP contribution in [0.2, 0.25) is 0 Å². The van der Waals surface area contributed by atoms with Gasteiger partial charge in [-0.05, 0) is 31.1 Å². The summed E-state index contributed by atoms with van der Waals surface area (Å²) in [5.41, 5.74) is -0.214. The van der Waals surface area contributed by atoms with Crippen LogP contribution in [0.15, 0.2) is 0 Å². The van der Waals surface area contributed by atoms with Gasteiger partial charge in [-0.3, -0.25) is 4.79 Å². The van der Waals surface area contributed by atoms with Crippen molar-refractivity contribution in [3.63, 3.8) is 0 Å². The normalized spacial score (nSPS) is 20.7. The number of carbonyl (C=O) groups is 1. The Morgan fingerprint density at radius 1 is 1.31 bits per heavy atom. The molecule has 0 spiro atoms. The maximum absolute atomic E-state index is 11.4. The van der Waals surface area contributed by atoms with Crippen molar-refractivity contribution < 1.29 is 14.6 Å². The third-order valence-electron chi connectivity index (χ3n) is 3.49. The number of rotatable bonds is 4. The first kappa shape index (κ1) is 13.5. The van der Waals surface area contributed by atoms with Gasteiger partial charge in [0.15, 0.2) is 0 Å². The minimum Gasteiger partial charge on any atom is -0.481 e. The SMILES string of the molecule is CC(C)(C)CCCC1(C(=O)O)CCOCC1. The predicted molar refractivity (Wildman–Crippen MR) is 63.4 cm³/mol. The van der Waals surface area contributed by atoms with E-state index >= 15 is 0 Å². The summed E-state index contributed by atoms with van der Waals surface area (Å²) in [5, 5.41) is 9.36. The molecule has 0 bridgehead atoms. The smallest absolute Gasteiger partial charge is 0.309 e. The van der Waals surface area contributed by atoms with Crippen molar-refractivity contribution in [2.45, 2.75) is 52.9 Å². The second-order valence-corrected chi connectivity index (χ2v) is 6.11. The van der Waals surface area contributed by atoms with E-state index in [2.05, 4.69) is 20.8 Å². The van der Waals surface area contributed by atoms with Crippen molar-refractivity contribution in [2.24, 2.45) is 10.8 Å². The molecule has 0 amide bonds. The first-order valence-electron chi connectivity index (χ1n) is 6.17. The van der Waals surface area contributed by atoms with Gasteiger partial charge < -0.3 is 9.84 Å². The first-order valence-corrected chi connectivity index (χ1v) is 6.17. The molecule has 1 saturated heterocycles. The summed E-state index contributed by atoms with van der Waals surface area (Å²) in [6, 6.07) is 0. The van der Waals surface area contributed by atoms with Crippen molar-refractivity contribution >= 4 is 5.97 Å². The molecule has 0 atom stereocenters. The van der Waals surface area contributed by atoms with Gasteiger partial charge in [0.25, 0.3) is 0 Å². The number of ether oxygens (including phenoxy) is 1. The number of carboxylic acids is 1. The van der Waals surface area contributed by atoms with Crippen molar-refractivity contribution in [3.8, 4) is 0 Å². The molecule has 0 aromatic rings. The van der Waals surface area contributed by atoms with Crippen molar-refractivity contribution in [1.29, 1.82) is 0 Å². The summed E-state index contributed by atoms with van der Waals surface area (Å²) < 4.78 is 5.26. The molecule has 0 saturated carbocycles. The Morgan fingerprint density at radius 2 is 1.88 bits per heavy atom. The zero-order valence-corrected chi connectivity index (χ0v) is 10.7. The van der Waals surface area contributed by atoms with Crippen LogP contribution in [0.3, 0.4) is 0 Å². The molecule has 94 valence electrons. The molecule has 3 nitrogen and oxygen atoms in total. The van der Waals surface area contributed by atoms with E-state index in [-0.39, 0.29) is 0 Å². The molecule has 0 aromatic heterocycles. The molecule has 16 heavy (non-hydrogen) atoms. The van der Waals surface area contributed by atoms with Crippen LogP contribution in [0, 0.1) is 10.8 Å². The number of aliphatic carboxylic acids is 1. The summed E-state index contributed by atoms with van der Waals surface area (Å²) in [6.07, 6.45) is 4.22. The van der Waals surface area contributed by atoms with Gasteiger partial charge in [0.1, 0.15) is 0 Å². The number of carboxylic acid groups (broad SMARTS) is 1. The summed E-state index contributed by atoms with van der Waals surface area (Å²) in [7, 11) is 0. The third-order valence-corrected chi connectivity index (χ3v) is 3.49. The van der Waals surface area contributed by atoms with E-state index in [1.54, 1.807) is 0 Å². The highest BCUT2D eigenvalue weighted by molar-refractivity contribution is 5.74. The lowest BCUT2D eigenvalue weighted by molar-refractivity contribution is -0.155. The lowest BCUT2D eigenvalue weighted by Crippen LogP contribution is -2.37. The minimum atomic E-state index is -0.635. The average molecular weight is 228 g/mol. The molecule has 1 aliphatic rings. The van der Waals surface area contributed by atoms with Crippen LogP contribution in [0.4, 0.5) is 0 Å². The molecule has 1 aliphatic heterocycles. The maximum atomic E-state index is 11.4. The van der Waals surface area contributed by atoms with E-state index in [9.17, 15) is 9.90 Å². The van der Waals surface area contributed by atoms with E-state index in [4.69, 9.17) is 4.74 Å². The second-order valence-electron chi connectivity index (χ2n) is 6.11. The van der Waals surface area contributed by atoms with Crippen LogP contribution in [-0.4, -0.2) is 24.3 Å². The van der Waals surface area contributed by atoms with Gasteiger partial charge >= 0.3 is 5.97 Å². The molecule has 0 radical (unpaired) electrons. The van der Waals surface area contributed by atoms with E-state index in [0.29, 0.717) is 31.5 Å². The van der Waals surface area contributed by atoms with Gasteiger partial charge in [-0.15, -0.1) is 0 Å². The van der Waals surface area contributed by atoms with Crippen LogP contribution < -0.4 is 0 Å². The highest BCUT2D eigenvalue weighted by Crippen LogP contribution is 2.37. The molecule has 0 aromatic carbocycles. The quantitative estimate of drug-likeness (QED) is 0.804. The van der Waals surface area contributed by atoms with Crippen LogP contribution in [0.25, 0.3) is 0 Å². The Hall–Kier alpha value is -0.570. The fraction of sp³-hybridized carbons (Fsp3) is 0.923. The Morgan fingerprint density at radius 3 is 2.31 bits per heavy atom. The third kappa shape index (κ3) is 3.78. The van der Waals surface area contributed by atoms with E-state index in [1.165, 1.54) is 0 Å². The van der Waals surface area contributed by atoms with Gasteiger partial charge in [-0.1, -0.05) is 27.2 Å². The fourth-order valence-electron chi connectivity index (χ4n) is 2.29. The minimum absolute atomic E-state index is 0.296. The molecule has 1 N–H and O–H groups in total. The first-order chi connectivity index (χ1) is 7.36. The van der Waals surface area contributed by atoms with Gasteiger partial charge in [0.2, 0.25) is 0 Å². The molecule has 0 unspecified atom stereocenters. The summed E-state index contributed by atoms with van der Waals surface area (Å²) in [6.45, 7) is 7.79. The lowest BCUT2D eigenvalue weighted by atomic mass is 9.74. The zero-order valence-electron chi connectivity index (χ0n) is 10.7. The Labute approximate surface area is 98.2 Å². The molecule has 0 aliphatic carbocycles. The molecule has 1 fully saturated rings. The molecule has 1 rings (SSSR count). The molecule has 3 heteroatoms. The zero-order chi connectivity index (χ0) is 12.2. The second kappa shape index (κ2) is 5.17. The monoisotopic (exact) mass is 228 g/mol. The maximum Gasteiger partial charge on any atom is 0.309 e. The Bertz CT molecular complexity index is 234. The van der Waals surface area contributed by atoms with Crippen LogP contribution in [0.5, 0.6) is 0 Å². The highest BCUT2D eigenvalue weighted by atomic mass is 16.5. The average Bonchev–Trinajstić information content (AvgIpc) is 2.17. The van der Waals surface area contributed by atoms with Crippen LogP contribution in [-0.2, 0) is 9.53 Å². The van der Waals surface area contributed by atoms with Crippen LogP contribution in [0.1, 0.15) is 52.9 Å². The van der Waals surface area contributed by atoms with Gasteiger partial charge in [0.05, 0.1) is 5.41 Å². The number of hydrogen-bond acceptors (Lipinski definition) is 2.